The number of halogens is 2. The number of rotatable bonds is 4. The predicted octanol–water partition coefficient (Wildman–Crippen LogP) is 5.99. The van der Waals surface area contributed by atoms with E-state index < -0.39 is 11.7 Å². The summed E-state index contributed by atoms with van der Waals surface area (Å²) < 4.78 is 13.2. The number of hydrogen-bond donors (Lipinski definition) is 2. The van der Waals surface area contributed by atoms with E-state index >= 15 is 0 Å². The summed E-state index contributed by atoms with van der Waals surface area (Å²) >= 11 is 6.52. The van der Waals surface area contributed by atoms with Crippen molar-refractivity contribution in [3.8, 4) is 22.5 Å². The van der Waals surface area contributed by atoms with Crippen molar-refractivity contribution in [3.05, 3.63) is 102 Å². The Balaban J connectivity index is 1.67. The average Bonchev–Trinajstić information content (AvgIpc) is 2.85. The number of fused-ring (bicyclic) bond motifs is 1. The van der Waals surface area contributed by atoms with Crippen molar-refractivity contribution in [1.82, 2.24) is 15.0 Å². The summed E-state index contributed by atoms with van der Waals surface area (Å²) in [6, 6.07) is 22.2. The van der Waals surface area contributed by atoms with E-state index in [1.807, 2.05) is 48.5 Å². The quantitative estimate of drug-likeness (QED) is 0.337. The van der Waals surface area contributed by atoms with Crippen LogP contribution in [0.5, 0.6) is 0 Å². The van der Waals surface area contributed by atoms with E-state index in [1.165, 1.54) is 24.3 Å². The van der Waals surface area contributed by atoms with Gasteiger partial charge in [0.2, 0.25) is 0 Å². The number of carbonyl (C=O) groups is 1. The van der Waals surface area contributed by atoms with E-state index in [0.29, 0.717) is 33.2 Å². The highest BCUT2D eigenvalue weighted by molar-refractivity contribution is 6.35. The van der Waals surface area contributed by atoms with Crippen LogP contribution in [-0.2, 0) is 0 Å². The normalized spacial score (nSPS) is 10.9. The second-order valence-corrected chi connectivity index (χ2v) is 7.92. The van der Waals surface area contributed by atoms with Crippen LogP contribution in [0.3, 0.4) is 0 Å². The molecule has 5 rings (SSSR count). The topological polar surface area (TPSA) is 93.8 Å². The molecule has 0 unspecified atom stereocenters. The minimum Gasteiger partial charge on any atom is -0.382 e. The fourth-order valence-corrected chi connectivity index (χ4v) is 3.90. The average molecular weight is 470 g/mol. The van der Waals surface area contributed by atoms with Crippen LogP contribution < -0.4 is 11.1 Å². The number of aromatic nitrogens is 3. The molecule has 2 aromatic heterocycles. The number of pyridine rings is 1. The molecule has 5 aromatic rings. The molecule has 34 heavy (non-hydrogen) atoms. The maximum atomic E-state index is 13.2. The Morgan fingerprint density at radius 1 is 0.882 bits per heavy atom. The summed E-state index contributed by atoms with van der Waals surface area (Å²) in [5.41, 5.74) is 9.58. The molecular weight excluding hydrogens is 453 g/mol. The Bertz CT molecular complexity index is 1520. The number of nitrogens with one attached hydrogen (secondary N) is 1. The number of nitrogens with zero attached hydrogens (tertiary/aromatic N) is 3. The second kappa shape index (κ2) is 8.88. The third-order valence-electron chi connectivity index (χ3n) is 5.22. The van der Waals surface area contributed by atoms with Crippen LogP contribution in [0.1, 0.15) is 10.5 Å². The highest BCUT2D eigenvalue weighted by atomic mass is 35.5. The molecular formula is C26H17ClFN5O. The number of nitrogens with two attached hydrogens (primary N) is 1. The Hall–Kier alpha value is -4.36. The smallest absolute Gasteiger partial charge is 0.278 e. The first kappa shape index (κ1) is 21.5. The third kappa shape index (κ3) is 4.16. The highest BCUT2D eigenvalue weighted by Gasteiger charge is 2.21. The Morgan fingerprint density at radius 2 is 1.62 bits per heavy atom. The lowest BCUT2D eigenvalue weighted by atomic mass is 10.0. The summed E-state index contributed by atoms with van der Waals surface area (Å²) in [6.07, 6.45) is 1.67. The van der Waals surface area contributed by atoms with Gasteiger partial charge in [-0.2, -0.15) is 0 Å². The van der Waals surface area contributed by atoms with Gasteiger partial charge >= 0.3 is 0 Å². The molecule has 0 atom stereocenters. The molecule has 1 amide bonds. The second-order valence-electron chi connectivity index (χ2n) is 7.51. The lowest BCUT2D eigenvalue weighted by Crippen LogP contribution is -2.18. The molecule has 166 valence electrons. The zero-order chi connectivity index (χ0) is 23.7. The summed E-state index contributed by atoms with van der Waals surface area (Å²) in [7, 11) is 0. The molecule has 0 saturated heterocycles. The number of nitrogen functional groups attached to an aromatic ring is 1. The van der Waals surface area contributed by atoms with Gasteiger partial charge in [-0.05, 0) is 42.5 Å². The number of carbonyl (C=O) groups excluding carboxylic acids is 1. The number of anilines is 2. The van der Waals surface area contributed by atoms with Crippen LogP contribution in [0.15, 0.2) is 85.1 Å². The monoisotopic (exact) mass is 469 g/mol. The molecule has 6 nitrogen and oxygen atoms in total. The lowest BCUT2D eigenvalue weighted by Gasteiger charge is -2.14. The van der Waals surface area contributed by atoms with Gasteiger partial charge in [0.05, 0.1) is 21.9 Å². The zero-order valence-corrected chi connectivity index (χ0v) is 18.4. The van der Waals surface area contributed by atoms with Gasteiger partial charge in [-0.25, -0.2) is 14.4 Å². The van der Waals surface area contributed by atoms with Crippen molar-refractivity contribution in [1.29, 1.82) is 0 Å². The summed E-state index contributed by atoms with van der Waals surface area (Å²) in [4.78, 5) is 26.5. The standard InChI is InChI=1S/C26H17ClFN5O/c27-20-14-17(13-16-7-4-12-30-21(16)20)23-22(15-5-2-1-3-6-15)33-25(29)24(32-23)26(34)31-19-10-8-18(28)9-11-19/h1-14H,(H2,29,33)(H,31,34). The lowest BCUT2D eigenvalue weighted by molar-refractivity contribution is 0.102. The van der Waals surface area contributed by atoms with Crippen LogP contribution >= 0.6 is 11.6 Å². The van der Waals surface area contributed by atoms with Gasteiger partial charge in [-0.3, -0.25) is 9.78 Å². The Morgan fingerprint density at radius 3 is 2.38 bits per heavy atom. The number of benzene rings is 3. The fraction of sp³-hybridized carbons (Fsp3) is 0. The molecule has 0 bridgehead atoms. The van der Waals surface area contributed by atoms with Gasteiger partial charge in [-0.1, -0.05) is 48.0 Å². The van der Waals surface area contributed by atoms with Crippen molar-refractivity contribution in [3.63, 3.8) is 0 Å². The highest BCUT2D eigenvalue weighted by Crippen LogP contribution is 2.35. The maximum absolute atomic E-state index is 13.2. The van der Waals surface area contributed by atoms with E-state index in [9.17, 15) is 9.18 Å². The van der Waals surface area contributed by atoms with Gasteiger partial charge in [0.1, 0.15) is 5.82 Å². The van der Waals surface area contributed by atoms with Gasteiger partial charge in [0, 0.05) is 28.4 Å². The molecule has 0 aliphatic heterocycles. The molecule has 8 heteroatoms. The summed E-state index contributed by atoms with van der Waals surface area (Å²) in [6.45, 7) is 0. The van der Waals surface area contributed by atoms with E-state index in [1.54, 1.807) is 12.3 Å². The van der Waals surface area contributed by atoms with Gasteiger partial charge in [0.15, 0.2) is 11.5 Å². The molecule has 0 radical (unpaired) electrons. The van der Waals surface area contributed by atoms with E-state index in [4.69, 9.17) is 17.3 Å². The maximum Gasteiger partial charge on any atom is 0.278 e. The summed E-state index contributed by atoms with van der Waals surface area (Å²) in [5.74, 6) is -1.00. The molecule has 0 fully saturated rings. The molecule has 0 spiro atoms. The molecule has 3 N–H and O–H groups in total. The van der Waals surface area contributed by atoms with Gasteiger partial charge < -0.3 is 11.1 Å². The molecule has 3 aromatic carbocycles. The van der Waals surface area contributed by atoms with Crippen LogP contribution in [0, 0.1) is 5.82 Å². The zero-order valence-electron chi connectivity index (χ0n) is 17.7. The summed E-state index contributed by atoms with van der Waals surface area (Å²) in [5, 5.41) is 3.95. The van der Waals surface area contributed by atoms with Crippen LogP contribution in [0.4, 0.5) is 15.9 Å². The van der Waals surface area contributed by atoms with Crippen molar-refractivity contribution in [2.24, 2.45) is 0 Å². The number of amides is 1. The molecule has 2 heterocycles. The van der Waals surface area contributed by atoms with Gasteiger partial charge in [-0.15, -0.1) is 0 Å². The van der Waals surface area contributed by atoms with Crippen LogP contribution in [0.2, 0.25) is 5.02 Å². The number of hydrogen-bond acceptors (Lipinski definition) is 5. The third-order valence-corrected chi connectivity index (χ3v) is 5.51. The van der Waals surface area contributed by atoms with E-state index in [-0.39, 0.29) is 11.5 Å². The first-order chi connectivity index (χ1) is 16.5. The SMILES string of the molecule is Nc1nc(-c2ccccc2)c(-c2cc(Cl)c3ncccc3c2)nc1C(=O)Nc1ccc(F)cc1. The van der Waals surface area contributed by atoms with Crippen molar-refractivity contribution < 1.29 is 9.18 Å². The van der Waals surface area contributed by atoms with Crippen molar-refractivity contribution in [2.45, 2.75) is 0 Å². The fourth-order valence-electron chi connectivity index (χ4n) is 3.62. The largest absolute Gasteiger partial charge is 0.382 e. The van der Waals surface area contributed by atoms with Crippen molar-refractivity contribution in [2.75, 3.05) is 11.1 Å². The van der Waals surface area contributed by atoms with E-state index in [2.05, 4.69) is 20.3 Å². The van der Waals surface area contributed by atoms with Crippen LogP contribution in [-0.4, -0.2) is 20.9 Å². The Kier molecular flexibility index (Phi) is 5.61. The molecule has 0 aliphatic carbocycles. The first-order valence-electron chi connectivity index (χ1n) is 10.3. The Labute approximate surface area is 199 Å². The molecule has 0 aliphatic rings. The predicted molar refractivity (Wildman–Crippen MR) is 132 cm³/mol. The molecule has 0 saturated carbocycles. The van der Waals surface area contributed by atoms with E-state index in [0.717, 1.165) is 10.9 Å². The van der Waals surface area contributed by atoms with Crippen LogP contribution in [0.25, 0.3) is 33.4 Å². The minimum absolute atomic E-state index is 0.0317. The van der Waals surface area contributed by atoms with Crippen molar-refractivity contribution >= 4 is 39.9 Å². The van der Waals surface area contributed by atoms with Gasteiger partial charge in [0.25, 0.3) is 5.91 Å². The minimum atomic E-state index is -0.564. The first-order valence-corrected chi connectivity index (χ1v) is 10.7.